The van der Waals surface area contributed by atoms with E-state index >= 15 is 0 Å². The van der Waals surface area contributed by atoms with Gasteiger partial charge in [0.2, 0.25) is 0 Å². The number of nitrogens with one attached hydrogen (secondary N) is 1. The van der Waals surface area contributed by atoms with Gasteiger partial charge in [0, 0.05) is 4.90 Å². The predicted molar refractivity (Wildman–Crippen MR) is 77.8 cm³/mol. The van der Waals surface area contributed by atoms with Gasteiger partial charge in [-0.1, -0.05) is 17.7 Å². The van der Waals surface area contributed by atoms with Crippen LogP contribution in [0.3, 0.4) is 0 Å². The van der Waals surface area contributed by atoms with Crippen molar-refractivity contribution in [1.29, 1.82) is 0 Å². The van der Waals surface area contributed by atoms with Crippen molar-refractivity contribution in [1.82, 2.24) is 0 Å². The standard InChI is InChI=1S/C14H11ClFNOS/c1-8-2-5-13(12(16)6-8)17-14(18)10-7-9(19)3-4-11(10)15/h2-7,19H,1H3,(H,17,18). The van der Waals surface area contributed by atoms with Crippen LogP contribution in [0.4, 0.5) is 10.1 Å². The van der Waals surface area contributed by atoms with Crippen molar-refractivity contribution in [3.63, 3.8) is 0 Å². The van der Waals surface area contributed by atoms with Crippen LogP contribution in [0, 0.1) is 12.7 Å². The van der Waals surface area contributed by atoms with Crippen LogP contribution < -0.4 is 5.32 Å². The number of carbonyl (C=O) groups is 1. The highest BCUT2D eigenvalue weighted by atomic mass is 35.5. The van der Waals surface area contributed by atoms with E-state index in [-0.39, 0.29) is 11.3 Å². The average Bonchev–Trinajstić information content (AvgIpc) is 2.35. The van der Waals surface area contributed by atoms with Gasteiger partial charge in [0.05, 0.1) is 16.3 Å². The van der Waals surface area contributed by atoms with Gasteiger partial charge in [-0.3, -0.25) is 4.79 Å². The fourth-order valence-corrected chi connectivity index (χ4v) is 2.01. The summed E-state index contributed by atoms with van der Waals surface area (Å²) in [5.41, 5.74) is 1.16. The first-order valence-corrected chi connectivity index (χ1v) is 6.36. The number of thiol groups is 1. The Bertz CT molecular complexity index is 645. The van der Waals surface area contributed by atoms with Gasteiger partial charge >= 0.3 is 0 Å². The number of carbonyl (C=O) groups excluding carboxylic acids is 1. The topological polar surface area (TPSA) is 29.1 Å². The third kappa shape index (κ3) is 3.28. The van der Waals surface area contributed by atoms with Crippen molar-refractivity contribution in [3.8, 4) is 0 Å². The number of hydrogen-bond donors (Lipinski definition) is 2. The fraction of sp³-hybridized carbons (Fsp3) is 0.0714. The van der Waals surface area contributed by atoms with Crippen LogP contribution in [0.15, 0.2) is 41.3 Å². The number of rotatable bonds is 2. The summed E-state index contributed by atoms with van der Waals surface area (Å²) in [6.45, 7) is 1.77. The Labute approximate surface area is 121 Å². The maximum Gasteiger partial charge on any atom is 0.257 e. The quantitative estimate of drug-likeness (QED) is 0.793. The molecule has 1 N–H and O–H groups in total. The highest BCUT2D eigenvalue weighted by molar-refractivity contribution is 7.80. The number of hydrogen-bond acceptors (Lipinski definition) is 2. The van der Waals surface area contributed by atoms with Gasteiger partial charge in [-0.25, -0.2) is 4.39 Å². The summed E-state index contributed by atoms with van der Waals surface area (Å²) in [4.78, 5) is 12.6. The van der Waals surface area contributed by atoms with E-state index < -0.39 is 11.7 Å². The molecule has 2 rings (SSSR count). The Hall–Kier alpha value is -1.52. The predicted octanol–water partition coefficient (Wildman–Crippen LogP) is 4.33. The van der Waals surface area contributed by atoms with Crippen LogP contribution in [0.5, 0.6) is 0 Å². The second kappa shape index (κ2) is 5.63. The second-order valence-corrected chi connectivity index (χ2v) is 5.03. The maximum atomic E-state index is 13.6. The van der Waals surface area contributed by atoms with Gasteiger partial charge < -0.3 is 5.32 Å². The molecule has 0 aliphatic heterocycles. The maximum absolute atomic E-state index is 13.6. The molecule has 2 nitrogen and oxygen atoms in total. The molecule has 5 heteroatoms. The number of anilines is 1. The molecule has 0 unspecified atom stereocenters. The van der Waals surface area contributed by atoms with Crippen LogP contribution in [-0.4, -0.2) is 5.91 Å². The Morgan fingerprint density at radius 1 is 1.26 bits per heavy atom. The van der Waals surface area contributed by atoms with Gasteiger partial charge in [-0.15, -0.1) is 12.6 Å². The monoisotopic (exact) mass is 295 g/mol. The first-order chi connectivity index (χ1) is 8.97. The normalized spacial score (nSPS) is 10.3. The average molecular weight is 296 g/mol. The first-order valence-electron chi connectivity index (χ1n) is 5.53. The Kier molecular flexibility index (Phi) is 4.12. The molecular weight excluding hydrogens is 285 g/mol. The molecule has 0 spiro atoms. The van der Waals surface area contributed by atoms with Crippen molar-refractivity contribution in [2.45, 2.75) is 11.8 Å². The minimum Gasteiger partial charge on any atom is -0.319 e. The molecule has 0 heterocycles. The summed E-state index contributed by atoms with van der Waals surface area (Å²) >= 11 is 10.1. The van der Waals surface area contributed by atoms with Crippen molar-refractivity contribution < 1.29 is 9.18 Å². The fourth-order valence-electron chi connectivity index (χ4n) is 1.60. The number of amides is 1. The molecule has 0 fully saturated rings. The van der Waals surface area contributed by atoms with Gasteiger partial charge in [-0.2, -0.15) is 0 Å². The molecule has 98 valence electrons. The SMILES string of the molecule is Cc1ccc(NC(=O)c2cc(S)ccc2Cl)c(F)c1. The van der Waals surface area contributed by atoms with E-state index in [1.807, 2.05) is 0 Å². The molecule has 1 amide bonds. The van der Waals surface area contributed by atoms with E-state index in [0.717, 1.165) is 5.56 Å². The first kappa shape index (κ1) is 13.9. The van der Waals surface area contributed by atoms with Gasteiger partial charge in [-0.05, 0) is 42.8 Å². The van der Waals surface area contributed by atoms with E-state index in [1.165, 1.54) is 18.2 Å². The minimum atomic E-state index is -0.480. The molecule has 0 bridgehead atoms. The van der Waals surface area contributed by atoms with Crippen molar-refractivity contribution >= 4 is 35.8 Å². The van der Waals surface area contributed by atoms with E-state index in [9.17, 15) is 9.18 Å². The van der Waals surface area contributed by atoms with Crippen LogP contribution in [0.2, 0.25) is 5.02 Å². The highest BCUT2D eigenvalue weighted by Gasteiger charge is 2.13. The Morgan fingerprint density at radius 3 is 2.68 bits per heavy atom. The van der Waals surface area contributed by atoms with Gasteiger partial charge in [0.25, 0.3) is 5.91 Å². The molecule has 0 saturated heterocycles. The van der Waals surface area contributed by atoms with E-state index in [0.29, 0.717) is 9.92 Å². The van der Waals surface area contributed by atoms with Crippen LogP contribution in [0.25, 0.3) is 0 Å². The van der Waals surface area contributed by atoms with Crippen LogP contribution >= 0.6 is 24.2 Å². The lowest BCUT2D eigenvalue weighted by atomic mass is 10.2. The molecule has 19 heavy (non-hydrogen) atoms. The number of benzene rings is 2. The summed E-state index contributed by atoms with van der Waals surface area (Å²) in [6.07, 6.45) is 0. The zero-order valence-electron chi connectivity index (χ0n) is 10.1. The summed E-state index contributed by atoms with van der Waals surface area (Å²) in [5.74, 6) is -0.949. The van der Waals surface area contributed by atoms with E-state index in [1.54, 1.807) is 25.1 Å². The molecule has 0 radical (unpaired) electrons. The summed E-state index contributed by atoms with van der Waals surface area (Å²) in [5, 5.41) is 2.78. The molecule has 0 saturated carbocycles. The zero-order chi connectivity index (χ0) is 14.0. The Morgan fingerprint density at radius 2 is 2.00 bits per heavy atom. The van der Waals surface area contributed by atoms with Crippen LogP contribution in [-0.2, 0) is 0 Å². The highest BCUT2D eigenvalue weighted by Crippen LogP contribution is 2.22. The summed E-state index contributed by atoms with van der Waals surface area (Å²) in [7, 11) is 0. The zero-order valence-corrected chi connectivity index (χ0v) is 11.7. The third-order valence-electron chi connectivity index (χ3n) is 2.57. The molecule has 2 aromatic carbocycles. The molecular formula is C14H11ClFNOS. The van der Waals surface area contributed by atoms with Gasteiger partial charge in [0.1, 0.15) is 5.82 Å². The lowest BCUT2D eigenvalue weighted by Gasteiger charge is -2.08. The summed E-state index contributed by atoms with van der Waals surface area (Å²) in [6, 6.07) is 9.37. The number of halogens is 2. The molecule has 0 atom stereocenters. The molecule has 0 aromatic heterocycles. The smallest absolute Gasteiger partial charge is 0.257 e. The van der Waals surface area contributed by atoms with Crippen molar-refractivity contribution in [3.05, 3.63) is 58.4 Å². The molecule has 0 aliphatic carbocycles. The number of aryl methyl sites for hydroxylation is 1. The molecule has 0 aliphatic rings. The lowest BCUT2D eigenvalue weighted by Crippen LogP contribution is -2.13. The van der Waals surface area contributed by atoms with Crippen molar-refractivity contribution in [2.24, 2.45) is 0 Å². The second-order valence-electron chi connectivity index (χ2n) is 4.10. The molecule has 2 aromatic rings. The van der Waals surface area contributed by atoms with E-state index in [4.69, 9.17) is 11.6 Å². The van der Waals surface area contributed by atoms with E-state index in [2.05, 4.69) is 17.9 Å². The largest absolute Gasteiger partial charge is 0.319 e. The van der Waals surface area contributed by atoms with Crippen molar-refractivity contribution in [2.75, 3.05) is 5.32 Å². The lowest BCUT2D eigenvalue weighted by molar-refractivity contribution is 0.102. The van der Waals surface area contributed by atoms with Gasteiger partial charge in [0.15, 0.2) is 0 Å². The third-order valence-corrected chi connectivity index (χ3v) is 3.18. The summed E-state index contributed by atoms with van der Waals surface area (Å²) < 4.78 is 13.6. The van der Waals surface area contributed by atoms with Crippen LogP contribution in [0.1, 0.15) is 15.9 Å². The Balaban J connectivity index is 2.28. The minimum absolute atomic E-state index is 0.122.